The molecular weight excluding hydrogens is 354 g/mol. The molecule has 3 rings (SSSR count). The summed E-state index contributed by atoms with van der Waals surface area (Å²) in [5, 5.41) is 0.517. The number of benzene rings is 2. The van der Waals surface area contributed by atoms with Crippen LogP contribution in [0.3, 0.4) is 0 Å². The van der Waals surface area contributed by atoms with Crippen molar-refractivity contribution in [1.29, 1.82) is 0 Å². The Morgan fingerprint density at radius 1 is 1.00 bits per heavy atom. The minimum absolute atomic E-state index is 0.0853. The highest BCUT2D eigenvalue weighted by Gasteiger charge is 2.43. The number of hydrogen-bond donors (Lipinski definition) is 0. The maximum Gasteiger partial charge on any atom is 0.334 e. The number of carbonyl (C=O) groups excluding carboxylic acids is 3. The lowest BCUT2D eigenvalue weighted by atomic mass is 10.0. The fourth-order valence-electron chi connectivity index (χ4n) is 2.93. The van der Waals surface area contributed by atoms with Gasteiger partial charge in [0.05, 0.1) is 11.1 Å². The monoisotopic (exact) mass is 371 g/mol. The fourth-order valence-corrected chi connectivity index (χ4v) is 3.06. The van der Waals surface area contributed by atoms with Crippen molar-refractivity contribution in [2.45, 2.75) is 26.3 Å². The van der Waals surface area contributed by atoms with Crippen LogP contribution in [0.2, 0.25) is 5.02 Å². The van der Waals surface area contributed by atoms with Crippen LogP contribution in [0, 0.1) is 5.92 Å². The first-order valence-corrected chi connectivity index (χ1v) is 8.70. The topological polar surface area (TPSA) is 63.7 Å². The summed E-state index contributed by atoms with van der Waals surface area (Å²) in [5.74, 6) is -1.18. The third-order valence-electron chi connectivity index (χ3n) is 4.14. The van der Waals surface area contributed by atoms with Gasteiger partial charge in [0.15, 0.2) is 0 Å². The summed E-state index contributed by atoms with van der Waals surface area (Å²) in [4.78, 5) is 39.2. The molecule has 6 heteroatoms. The van der Waals surface area contributed by atoms with Gasteiger partial charge in [0.1, 0.15) is 11.8 Å². The molecule has 2 amide bonds. The quantitative estimate of drug-likeness (QED) is 0.453. The molecule has 1 atom stereocenters. The van der Waals surface area contributed by atoms with E-state index in [9.17, 15) is 14.4 Å². The van der Waals surface area contributed by atoms with Crippen LogP contribution >= 0.6 is 11.6 Å². The third-order valence-corrected chi connectivity index (χ3v) is 4.39. The van der Waals surface area contributed by atoms with E-state index in [1.54, 1.807) is 48.5 Å². The van der Waals surface area contributed by atoms with E-state index in [0.717, 1.165) is 4.90 Å². The SMILES string of the molecule is CC(C)C[C@H](C(=O)Oc1ccc(Cl)cc1)N1C(=O)c2ccccc2C1=O. The minimum Gasteiger partial charge on any atom is -0.425 e. The van der Waals surface area contributed by atoms with Gasteiger partial charge in [-0.05, 0) is 48.7 Å². The van der Waals surface area contributed by atoms with Gasteiger partial charge in [0.25, 0.3) is 11.8 Å². The number of nitrogens with zero attached hydrogens (tertiary/aromatic N) is 1. The lowest BCUT2D eigenvalue weighted by Crippen LogP contribution is -2.47. The molecule has 0 aromatic heterocycles. The molecule has 1 aliphatic heterocycles. The number of rotatable bonds is 5. The Morgan fingerprint density at radius 3 is 2.04 bits per heavy atom. The molecule has 0 saturated carbocycles. The number of halogens is 1. The normalized spacial score (nSPS) is 14.5. The van der Waals surface area contributed by atoms with Crippen LogP contribution in [0.15, 0.2) is 48.5 Å². The van der Waals surface area contributed by atoms with E-state index in [2.05, 4.69) is 0 Å². The first-order valence-electron chi connectivity index (χ1n) is 8.32. The van der Waals surface area contributed by atoms with Crippen LogP contribution in [-0.4, -0.2) is 28.7 Å². The van der Waals surface area contributed by atoms with Crippen molar-refractivity contribution < 1.29 is 19.1 Å². The van der Waals surface area contributed by atoms with E-state index < -0.39 is 23.8 Å². The molecule has 0 radical (unpaired) electrons. The number of amides is 2. The number of hydrogen-bond acceptors (Lipinski definition) is 4. The fraction of sp³-hybridized carbons (Fsp3) is 0.250. The average Bonchev–Trinajstić information content (AvgIpc) is 2.86. The predicted octanol–water partition coefficient (Wildman–Crippen LogP) is 3.96. The molecule has 0 N–H and O–H groups in total. The second-order valence-electron chi connectivity index (χ2n) is 6.55. The van der Waals surface area contributed by atoms with Gasteiger partial charge < -0.3 is 4.74 Å². The van der Waals surface area contributed by atoms with Crippen molar-refractivity contribution in [1.82, 2.24) is 4.90 Å². The first-order chi connectivity index (χ1) is 12.4. The Balaban J connectivity index is 1.89. The van der Waals surface area contributed by atoms with Crippen molar-refractivity contribution in [3.8, 4) is 5.75 Å². The van der Waals surface area contributed by atoms with E-state index >= 15 is 0 Å². The Bertz CT molecular complexity index is 825. The highest BCUT2D eigenvalue weighted by molar-refractivity contribution is 6.30. The minimum atomic E-state index is -0.988. The zero-order valence-corrected chi connectivity index (χ0v) is 15.2. The summed E-state index contributed by atoms with van der Waals surface area (Å²) in [6.07, 6.45) is 0.317. The molecule has 2 aromatic rings. The van der Waals surface area contributed by atoms with Gasteiger partial charge in [0.2, 0.25) is 0 Å². The summed E-state index contributed by atoms with van der Waals surface area (Å²) < 4.78 is 5.40. The van der Waals surface area contributed by atoms with Crippen molar-refractivity contribution in [3.05, 3.63) is 64.7 Å². The molecular formula is C20H18ClNO4. The van der Waals surface area contributed by atoms with Crippen LogP contribution in [-0.2, 0) is 4.79 Å². The van der Waals surface area contributed by atoms with Crippen LogP contribution in [0.5, 0.6) is 5.75 Å². The Morgan fingerprint density at radius 2 is 1.54 bits per heavy atom. The van der Waals surface area contributed by atoms with Crippen molar-refractivity contribution in [2.24, 2.45) is 5.92 Å². The van der Waals surface area contributed by atoms with Gasteiger partial charge in [-0.25, -0.2) is 4.79 Å². The van der Waals surface area contributed by atoms with E-state index in [0.29, 0.717) is 28.3 Å². The number of carbonyl (C=O) groups is 3. The highest BCUT2D eigenvalue weighted by atomic mass is 35.5. The Labute approximate surface area is 156 Å². The zero-order valence-electron chi connectivity index (χ0n) is 14.4. The maximum absolute atomic E-state index is 12.8. The molecule has 0 saturated heterocycles. The molecule has 5 nitrogen and oxygen atoms in total. The average molecular weight is 372 g/mol. The van der Waals surface area contributed by atoms with Crippen LogP contribution < -0.4 is 4.74 Å². The van der Waals surface area contributed by atoms with E-state index in [4.69, 9.17) is 16.3 Å². The first kappa shape index (κ1) is 18.1. The molecule has 26 heavy (non-hydrogen) atoms. The number of fused-ring (bicyclic) bond motifs is 1. The number of esters is 1. The predicted molar refractivity (Wildman–Crippen MR) is 97.3 cm³/mol. The summed E-state index contributed by atoms with van der Waals surface area (Å²) in [6, 6.07) is 11.9. The third kappa shape index (κ3) is 3.48. The van der Waals surface area contributed by atoms with Gasteiger partial charge in [-0.1, -0.05) is 37.6 Å². The van der Waals surface area contributed by atoms with Gasteiger partial charge in [0, 0.05) is 5.02 Å². The second kappa shape index (κ2) is 7.30. The van der Waals surface area contributed by atoms with Crippen molar-refractivity contribution in [3.63, 3.8) is 0 Å². The van der Waals surface area contributed by atoms with Crippen LogP contribution in [0.1, 0.15) is 41.0 Å². The molecule has 0 spiro atoms. The molecule has 1 heterocycles. The maximum atomic E-state index is 12.8. The summed E-state index contributed by atoms with van der Waals surface area (Å²) >= 11 is 5.83. The number of ether oxygens (including phenoxy) is 1. The molecule has 134 valence electrons. The molecule has 0 bridgehead atoms. The van der Waals surface area contributed by atoms with E-state index in [1.165, 1.54) is 0 Å². The summed E-state index contributed by atoms with van der Waals surface area (Å²) in [7, 11) is 0. The Hall–Kier alpha value is -2.66. The lowest BCUT2D eigenvalue weighted by Gasteiger charge is -2.25. The van der Waals surface area contributed by atoms with Crippen molar-refractivity contribution >= 4 is 29.4 Å². The molecule has 1 aliphatic rings. The molecule has 0 unspecified atom stereocenters. The van der Waals surface area contributed by atoms with Gasteiger partial charge in [-0.3, -0.25) is 14.5 Å². The zero-order chi connectivity index (χ0) is 18.8. The lowest BCUT2D eigenvalue weighted by molar-refractivity contribution is -0.139. The van der Waals surface area contributed by atoms with Gasteiger partial charge in [-0.2, -0.15) is 0 Å². The largest absolute Gasteiger partial charge is 0.425 e. The summed E-state index contributed by atoms with van der Waals surface area (Å²) in [5.41, 5.74) is 0.621. The van der Waals surface area contributed by atoms with Gasteiger partial charge >= 0.3 is 5.97 Å². The van der Waals surface area contributed by atoms with Crippen LogP contribution in [0.4, 0.5) is 0 Å². The summed E-state index contributed by atoms with van der Waals surface area (Å²) in [6.45, 7) is 3.83. The number of imide groups is 1. The van der Waals surface area contributed by atoms with E-state index in [-0.39, 0.29) is 5.92 Å². The highest BCUT2D eigenvalue weighted by Crippen LogP contribution is 2.28. The Kier molecular flexibility index (Phi) is 5.09. The molecule has 2 aromatic carbocycles. The smallest absolute Gasteiger partial charge is 0.334 e. The second-order valence-corrected chi connectivity index (χ2v) is 6.98. The molecule has 0 aliphatic carbocycles. The standard InChI is InChI=1S/C20H18ClNO4/c1-12(2)11-17(20(25)26-14-9-7-13(21)8-10-14)22-18(23)15-5-3-4-6-16(15)19(22)24/h3-10,12,17H,11H2,1-2H3/t17-/m1/s1. The van der Waals surface area contributed by atoms with E-state index in [1.807, 2.05) is 13.8 Å². The van der Waals surface area contributed by atoms with Crippen LogP contribution in [0.25, 0.3) is 0 Å². The van der Waals surface area contributed by atoms with Gasteiger partial charge in [-0.15, -0.1) is 0 Å². The van der Waals surface area contributed by atoms with Crippen molar-refractivity contribution in [2.75, 3.05) is 0 Å². The molecule has 0 fully saturated rings.